The molecular formula is C84H136N16O20. The third-order valence-electron chi connectivity index (χ3n) is 21.4. The fourth-order valence-corrected chi connectivity index (χ4v) is 14.5. The molecule has 120 heavy (non-hydrogen) atoms. The molecule has 36 heteroatoms. The van der Waals surface area contributed by atoms with Gasteiger partial charge in [-0.15, -0.1) is 0 Å². The van der Waals surface area contributed by atoms with Crippen molar-refractivity contribution in [2.45, 2.75) is 316 Å². The first-order chi connectivity index (χ1) is 56.2. The Morgan fingerprint density at radius 3 is 1.73 bits per heavy atom. The quantitative estimate of drug-likeness (QED) is 0.0319. The van der Waals surface area contributed by atoms with Crippen LogP contribution >= 0.6 is 0 Å². The molecule has 36 nitrogen and oxygen atoms in total. The number of amides is 14. The highest BCUT2D eigenvalue weighted by atomic mass is 16.4. The standard InChI is InChI=1S/C84H136N16O20/c1-47(2)39-58-75(113)92-56(31-24-27-37-85)73(111)97-68(49(5)6)63(103)44-83(12,81(119)90-52(10)72(110)91-55(71(88)109)33-34-65(86)105)35-25-19-17-15-14-16-18-20-26-36-84(13,82(120)96-59(40-48(3)4)76(114)94-60(77(115)93-58)41-54-29-22-21-23-30-54)45-64(104)70(53(11)102)99-78(116)62-32-28-38-100(62)80(118)61(42-66(87)106)95-79(117)69(50(7)8)98-74(112)57(43-67(107)108)89-46-51(9)101/h15,17,21-23,29-30,47-50,52-53,55-62,68-70,89,102H,14,16,18-20,24-28,31-46,85H2,1-13H3,(H2,86,105)(H2,87,106)(H2,88,109)(H,90,119)(H,91,110)(H,92,113)(H,93,115)(H,94,114)(H,95,117)(H,96,120)(H,97,111)(H,98,112)(H,99,116)(H,107,108)/b17-15-/t52?,53-,55+,56+,57+,58+,59+,60+,61+,62+,68+,69+,70+,83-,84+/m1/s1. The van der Waals surface area contributed by atoms with Crippen LogP contribution in [0.5, 0.6) is 0 Å². The first-order valence-electron chi connectivity index (χ1n) is 42.0. The minimum absolute atomic E-state index is 0.000401. The number of aliphatic carboxylic acids is 1. The number of benzene rings is 1. The minimum atomic E-state index is -1.73. The molecule has 14 amide bonds. The molecule has 2 aliphatic rings. The first-order valence-corrected chi connectivity index (χ1v) is 42.0. The Bertz CT molecular complexity index is 3720. The van der Waals surface area contributed by atoms with Crippen LogP contribution in [-0.4, -0.2) is 219 Å². The molecule has 1 fully saturated rings. The minimum Gasteiger partial charge on any atom is -0.481 e. The number of rotatable bonds is 38. The number of nitrogens with one attached hydrogen (secondary N) is 11. The molecule has 1 saturated heterocycles. The molecule has 2 heterocycles. The maximum Gasteiger partial charge on any atom is 0.305 e. The molecule has 15 atom stereocenters. The van der Waals surface area contributed by atoms with E-state index in [9.17, 15) is 77.3 Å². The van der Waals surface area contributed by atoms with E-state index in [1.54, 1.807) is 78.8 Å². The fourth-order valence-electron chi connectivity index (χ4n) is 14.5. The van der Waals surface area contributed by atoms with Crippen molar-refractivity contribution < 1.29 is 96.5 Å². The number of carboxylic acids is 1. The summed E-state index contributed by atoms with van der Waals surface area (Å²) in [6.07, 6.45) is 3.45. The van der Waals surface area contributed by atoms with E-state index in [0.717, 1.165) is 4.90 Å². The summed E-state index contributed by atoms with van der Waals surface area (Å²) in [5.74, 6) is -17.1. The maximum absolute atomic E-state index is 15.4. The van der Waals surface area contributed by atoms with Gasteiger partial charge in [0.15, 0.2) is 11.6 Å². The number of nitrogens with zero attached hydrogens (tertiary/aromatic N) is 1. The highest BCUT2D eigenvalue weighted by Crippen LogP contribution is 2.34. The van der Waals surface area contributed by atoms with Crippen LogP contribution in [0.15, 0.2) is 42.5 Å². The number of primary amides is 3. The lowest BCUT2D eigenvalue weighted by atomic mass is 9.77. The van der Waals surface area contributed by atoms with Gasteiger partial charge in [-0.3, -0.25) is 91.6 Å². The average Bonchev–Trinajstić information content (AvgIpc) is 1.44. The number of carbonyl (C=O) groups excluding carboxylic acids is 17. The van der Waals surface area contributed by atoms with Crippen molar-refractivity contribution in [3.8, 4) is 0 Å². The lowest BCUT2D eigenvalue weighted by Crippen LogP contribution is -2.60. The second-order valence-electron chi connectivity index (χ2n) is 34.2. The van der Waals surface area contributed by atoms with E-state index in [-0.39, 0.29) is 95.7 Å². The van der Waals surface area contributed by atoms with E-state index in [2.05, 4.69) is 58.5 Å². The molecule has 0 bridgehead atoms. The summed E-state index contributed by atoms with van der Waals surface area (Å²) < 4.78 is 0. The third-order valence-corrected chi connectivity index (χ3v) is 21.4. The number of aliphatic hydroxyl groups is 1. The second-order valence-corrected chi connectivity index (χ2v) is 34.2. The Kier molecular flexibility index (Phi) is 44.7. The molecule has 672 valence electrons. The Balaban J connectivity index is 2.18. The number of carboxylic acid groups (broad SMARTS) is 1. The second kappa shape index (κ2) is 51.5. The van der Waals surface area contributed by atoms with Gasteiger partial charge in [-0.05, 0) is 146 Å². The molecule has 1 aromatic carbocycles. The van der Waals surface area contributed by atoms with Crippen molar-refractivity contribution in [1.29, 1.82) is 0 Å². The number of hydrogen-bond donors (Lipinski definition) is 17. The molecular weight excluding hydrogens is 1550 g/mol. The number of aliphatic hydroxyl groups excluding tert-OH is 1. The number of nitrogens with two attached hydrogens (primary N) is 4. The molecule has 0 radical (unpaired) electrons. The summed E-state index contributed by atoms with van der Waals surface area (Å²) in [5.41, 5.74) is 19.7. The number of Topliss-reactive ketones (excluding diaryl/α,β-unsaturated/α-hetero) is 3. The Morgan fingerprint density at radius 1 is 0.600 bits per heavy atom. The Labute approximate surface area is 704 Å². The van der Waals surface area contributed by atoms with Crippen LogP contribution in [0.2, 0.25) is 0 Å². The van der Waals surface area contributed by atoms with E-state index in [0.29, 0.717) is 63.4 Å². The zero-order valence-electron chi connectivity index (χ0n) is 72.2. The SMILES string of the molecule is CC(=O)CN[C@@H](CC(=O)O)C(=O)N[C@H](C(=O)N[C@@H](CC(N)=O)C(=O)N1CCC[C@H]1C(=O)N[C@H](C(=O)C[C@]1(C)CCCCCC/C=C\CCC[C@@](C)(C(=O)NC(C)C(=O)N[C@@H](CCC(N)=O)C(N)=O)CC(=O)[C@H](C(C)C)NC(=O)[C@H](CCCCN)NC(=O)[C@H](CC(C)C)NC(=O)[C@H](Cc2ccccc2)NC(=O)[C@H](CC(C)C)NC1=O)[C@@H](C)O)C(C)C. The summed E-state index contributed by atoms with van der Waals surface area (Å²) in [6.45, 7) is 20.3. The maximum atomic E-state index is 15.4. The van der Waals surface area contributed by atoms with Crippen LogP contribution in [0.4, 0.5) is 0 Å². The van der Waals surface area contributed by atoms with Crippen molar-refractivity contribution in [3.63, 3.8) is 0 Å². The zero-order valence-corrected chi connectivity index (χ0v) is 72.2. The van der Waals surface area contributed by atoms with Crippen molar-refractivity contribution in [1.82, 2.24) is 63.4 Å². The van der Waals surface area contributed by atoms with E-state index in [4.69, 9.17) is 22.9 Å². The van der Waals surface area contributed by atoms with Gasteiger partial charge in [0, 0.05) is 32.2 Å². The van der Waals surface area contributed by atoms with Gasteiger partial charge in [-0.2, -0.15) is 0 Å². The topological polar surface area (TPSA) is 587 Å². The number of unbranched alkanes of at least 4 members (excludes halogenated alkanes) is 1. The van der Waals surface area contributed by atoms with E-state index < -0.39 is 233 Å². The van der Waals surface area contributed by atoms with Crippen LogP contribution in [0.25, 0.3) is 0 Å². The third kappa shape index (κ3) is 36.1. The van der Waals surface area contributed by atoms with E-state index >= 15 is 19.2 Å². The van der Waals surface area contributed by atoms with Gasteiger partial charge >= 0.3 is 5.97 Å². The number of hydrogen-bond acceptors (Lipinski definition) is 21. The molecule has 1 unspecified atom stereocenters. The normalized spacial score (nSPS) is 23.3. The number of ketones is 3. The highest BCUT2D eigenvalue weighted by molar-refractivity contribution is 6.02. The zero-order chi connectivity index (χ0) is 90.5. The number of likely N-dealkylation sites (tertiary alicyclic amines) is 1. The Hall–Kier alpha value is -10.1. The molecule has 2 aliphatic heterocycles. The summed E-state index contributed by atoms with van der Waals surface area (Å²) >= 11 is 0. The van der Waals surface area contributed by atoms with Gasteiger partial charge in [0.25, 0.3) is 0 Å². The van der Waals surface area contributed by atoms with Gasteiger partial charge in [0.05, 0.1) is 48.4 Å². The van der Waals surface area contributed by atoms with E-state index in [1.165, 1.54) is 41.5 Å². The van der Waals surface area contributed by atoms with Gasteiger partial charge in [-0.25, -0.2) is 0 Å². The average molecular weight is 1690 g/mol. The first kappa shape index (κ1) is 104. The van der Waals surface area contributed by atoms with Crippen LogP contribution < -0.4 is 81.4 Å². The summed E-state index contributed by atoms with van der Waals surface area (Å²) in [6, 6.07) is -8.40. The molecule has 0 aromatic heterocycles. The van der Waals surface area contributed by atoms with Crippen molar-refractivity contribution >= 4 is 106 Å². The van der Waals surface area contributed by atoms with Crippen molar-refractivity contribution in [2.75, 3.05) is 19.6 Å². The van der Waals surface area contributed by atoms with Crippen LogP contribution in [-0.2, 0) is 92.7 Å². The molecule has 0 spiro atoms. The summed E-state index contributed by atoms with van der Waals surface area (Å²) in [5, 5.41) is 50.4. The van der Waals surface area contributed by atoms with Crippen LogP contribution in [0.3, 0.4) is 0 Å². The van der Waals surface area contributed by atoms with Gasteiger partial charge in [0.1, 0.15) is 66.2 Å². The molecule has 1 aromatic rings. The van der Waals surface area contributed by atoms with Crippen LogP contribution in [0.1, 0.15) is 237 Å². The predicted molar refractivity (Wildman–Crippen MR) is 445 cm³/mol. The molecule has 21 N–H and O–H groups in total. The number of carbonyl (C=O) groups is 18. The predicted octanol–water partition coefficient (Wildman–Crippen LogP) is 0.662. The lowest BCUT2D eigenvalue weighted by molar-refractivity contribution is -0.144. The fraction of sp³-hybridized carbons (Fsp3) is 0.690. The summed E-state index contributed by atoms with van der Waals surface area (Å²) in [4.78, 5) is 251. The molecule has 0 aliphatic carbocycles. The van der Waals surface area contributed by atoms with E-state index in [1.807, 2.05) is 12.2 Å². The monoisotopic (exact) mass is 1690 g/mol. The van der Waals surface area contributed by atoms with Gasteiger partial charge < -0.3 is 91.2 Å². The smallest absolute Gasteiger partial charge is 0.305 e. The van der Waals surface area contributed by atoms with Gasteiger partial charge in [0.2, 0.25) is 82.7 Å². The van der Waals surface area contributed by atoms with Gasteiger partial charge in [-0.1, -0.05) is 131 Å². The molecule has 3 rings (SSSR count). The summed E-state index contributed by atoms with van der Waals surface area (Å²) in [7, 11) is 0. The van der Waals surface area contributed by atoms with Crippen molar-refractivity contribution in [3.05, 3.63) is 48.0 Å². The lowest BCUT2D eigenvalue weighted by Gasteiger charge is -2.34. The Morgan fingerprint density at radius 2 is 1.18 bits per heavy atom. The number of allylic oxidation sites excluding steroid dienone is 2. The highest BCUT2D eigenvalue weighted by Gasteiger charge is 2.46. The van der Waals surface area contributed by atoms with Crippen molar-refractivity contribution in [2.24, 2.45) is 57.4 Å². The van der Waals surface area contributed by atoms with Crippen LogP contribution in [0, 0.1) is 34.5 Å². The molecule has 0 saturated carbocycles. The largest absolute Gasteiger partial charge is 0.481 e.